The summed E-state index contributed by atoms with van der Waals surface area (Å²) in [4.78, 5) is 0. The molecule has 2 fully saturated rings. The van der Waals surface area contributed by atoms with Crippen LogP contribution in [0.4, 0.5) is 0 Å². The lowest BCUT2D eigenvalue weighted by molar-refractivity contribution is 0.0740. The first-order valence-electron chi connectivity index (χ1n) is 5.35. The van der Waals surface area contributed by atoms with Gasteiger partial charge in [-0.2, -0.15) is 0 Å². The summed E-state index contributed by atoms with van der Waals surface area (Å²) in [6.45, 7) is 6.21. The van der Waals surface area contributed by atoms with Crippen LogP contribution in [-0.2, 0) is 4.74 Å². The van der Waals surface area contributed by atoms with E-state index in [2.05, 4.69) is 17.6 Å². The molecule has 0 amide bonds. The van der Waals surface area contributed by atoms with Crippen molar-refractivity contribution in [3.8, 4) is 0 Å². The van der Waals surface area contributed by atoms with Crippen LogP contribution in [0.25, 0.3) is 0 Å². The second-order valence-corrected chi connectivity index (χ2v) is 4.50. The molecular weight excluding hydrogens is 164 g/mol. The normalized spacial score (nSPS) is 31.6. The maximum Gasteiger partial charge on any atom is 0.0620 e. The van der Waals surface area contributed by atoms with Crippen molar-refractivity contribution in [3.05, 3.63) is 0 Å². The monoisotopic (exact) mass is 184 g/mol. The van der Waals surface area contributed by atoms with Crippen LogP contribution < -0.4 is 10.6 Å². The molecule has 1 atom stereocenters. The van der Waals surface area contributed by atoms with Gasteiger partial charge < -0.3 is 15.4 Å². The highest BCUT2D eigenvalue weighted by Gasteiger charge is 2.36. The Morgan fingerprint density at radius 2 is 2.38 bits per heavy atom. The molecule has 1 unspecified atom stereocenters. The van der Waals surface area contributed by atoms with Crippen LogP contribution in [0.3, 0.4) is 0 Å². The molecule has 1 saturated heterocycles. The molecule has 1 heterocycles. The fraction of sp³-hybridized carbons (Fsp3) is 1.00. The van der Waals surface area contributed by atoms with E-state index in [1.54, 1.807) is 0 Å². The van der Waals surface area contributed by atoms with Gasteiger partial charge in [-0.3, -0.25) is 0 Å². The van der Waals surface area contributed by atoms with Crippen molar-refractivity contribution in [2.75, 3.05) is 26.3 Å². The fourth-order valence-corrected chi connectivity index (χ4v) is 1.72. The molecule has 2 aliphatic rings. The van der Waals surface area contributed by atoms with Gasteiger partial charge in [0, 0.05) is 18.1 Å². The highest BCUT2D eigenvalue weighted by atomic mass is 16.5. The van der Waals surface area contributed by atoms with Crippen LogP contribution in [0.2, 0.25) is 0 Å². The first-order valence-corrected chi connectivity index (χ1v) is 5.35. The summed E-state index contributed by atoms with van der Waals surface area (Å²) in [6.07, 6.45) is 3.89. The third-order valence-corrected chi connectivity index (χ3v) is 3.04. The standard InChI is InChI=1S/C10H20N2O/c1-10(3-4-10)12-5-2-9-8-13-7-6-11-9/h9,11-12H,2-8H2,1H3. The Labute approximate surface area is 80.2 Å². The van der Waals surface area contributed by atoms with E-state index in [1.807, 2.05) is 0 Å². The summed E-state index contributed by atoms with van der Waals surface area (Å²) >= 11 is 0. The summed E-state index contributed by atoms with van der Waals surface area (Å²) in [6, 6.07) is 0.573. The average molecular weight is 184 g/mol. The zero-order valence-corrected chi connectivity index (χ0v) is 8.44. The van der Waals surface area contributed by atoms with Gasteiger partial charge in [0.2, 0.25) is 0 Å². The van der Waals surface area contributed by atoms with Crippen LogP contribution in [0.5, 0.6) is 0 Å². The van der Waals surface area contributed by atoms with Gasteiger partial charge in [-0.25, -0.2) is 0 Å². The summed E-state index contributed by atoms with van der Waals surface area (Å²) < 4.78 is 5.39. The molecule has 13 heavy (non-hydrogen) atoms. The number of morpholine rings is 1. The molecular formula is C10H20N2O. The van der Waals surface area contributed by atoms with E-state index in [-0.39, 0.29) is 0 Å². The number of hydrogen-bond donors (Lipinski definition) is 2. The largest absolute Gasteiger partial charge is 0.379 e. The Morgan fingerprint density at radius 1 is 1.54 bits per heavy atom. The number of hydrogen-bond acceptors (Lipinski definition) is 3. The Morgan fingerprint density at radius 3 is 3.00 bits per heavy atom. The fourth-order valence-electron chi connectivity index (χ4n) is 1.72. The maximum atomic E-state index is 5.39. The summed E-state index contributed by atoms with van der Waals surface area (Å²) in [5.41, 5.74) is 0.482. The molecule has 1 aliphatic carbocycles. The van der Waals surface area contributed by atoms with Gasteiger partial charge in [0.1, 0.15) is 0 Å². The lowest BCUT2D eigenvalue weighted by atomic mass is 10.2. The second-order valence-electron chi connectivity index (χ2n) is 4.50. The second kappa shape index (κ2) is 3.95. The first kappa shape index (κ1) is 9.44. The molecule has 3 nitrogen and oxygen atoms in total. The highest BCUT2D eigenvalue weighted by Crippen LogP contribution is 2.34. The minimum Gasteiger partial charge on any atom is -0.379 e. The zero-order valence-electron chi connectivity index (χ0n) is 8.44. The van der Waals surface area contributed by atoms with E-state index in [1.165, 1.54) is 19.3 Å². The Bertz CT molecular complexity index is 162. The van der Waals surface area contributed by atoms with Crippen molar-refractivity contribution in [2.24, 2.45) is 0 Å². The molecule has 76 valence electrons. The van der Waals surface area contributed by atoms with E-state index in [0.717, 1.165) is 26.3 Å². The molecule has 0 aromatic heterocycles. The van der Waals surface area contributed by atoms with Crippen molar-refractivity contribution >= 4 is 0 Å². The summed E-state index contributed by atoms with van der Waals surface area (Å²) in [5.74, 6) is 0. The van der Waals surface area contributed by atoms with Crippen molar-refractivity contribution in [1.29, 1.82) is 0 Å². The van der Waals surface area contributed by atoms with Crippen molar-refractivity contribution in [1.82, 2.24) is 10.6 Å². The number of ether oxygens (including phenoxy) is 1. The van der Waals surface area contributed by atoms with Crippen LogP contribution in [0.1, 0.15) is 26.2 Å². The molecule has 0 radical (unpaired) electrons. The topological polar surface area (TPSA) is 33.3 Å². The molecule has 0 aromatic carbocycles. The molecule has 2 rings (SSSR count). The van der Waals surface area contributed by atoms with Crippen molar-refractivity contribution in [3.63, 3.8) is 0 Å². The van der Waals surface area contributed by atoms with Crippen LogP contribution in [0.15, 0.2) is 0 Å². The lowest BCUT2D eigenvalue weighted by Crippen LogP contribution is -2.43. The molecule has 3 heteroatoms. The minimum absolute atomic E-state index is 0.482. The minimum atomic E-state index is 0.482. The van der Waals surface area contributed by atoms with E-state index < -0.39 is 0 Å². The van der Waals surface area contributed by atoms with Crippen molar-refractivity contribution in [2.45, 2.75) is 37.8 Å². The molecule has 1 aliphatic heterocycles. The molecule has 2 N–H and O–H groups in total. The van der Waals surface area contributed by atoms with Crippen LogP contribution >= 0.6 is 0 Å². The maximum absolute atomic E-state index is 5.39. The Kier molecular flexibility index (Phi) is 2.86. The predicted molar refractivity (Wildman–Crippen MR) is 52.9 cm³/mol. The quantitative estimate of drug-likeness (QED) is 0.668. The van der Waals surface area contributed by atoms with Gasteiger partial charge in [-0.15, -0.1) is 0 Å². The van der Waals surface area contributed by atoms with Gasteiger partial charge >= 0.3 is 0 Å². The first-order chi connectivity index (χ1) is 6.29. The predicted octanol–water partition coefficient (Wildman–Crippen LogP) is 0.507. The third-order valence-electron chi connectivity index (χ3n) is 3.04. The average Bonchev–Trinajstić information content (AvgIpc) is 2.86. The smallest absolute Gasteiger partial charge is 0.0620 e. The van der Waals surface area contributed by atoms with E-state index >= 15 is 0 Å². The van der Waals surface area contributed by atoms with Gasteiger partial charge in [0.05, 0.1) is 13.2 Å². The van der Waals surface area contributed by atoms with Crippen molar-refractivity contribution < 1.29 is 4.74 Å². The van der Waals surface area contributed by atoms with Gasteiger partial charge in [-0.05, 0) is 32.7 Å². The Hall–Kier alpha value is -0.120. The van der Waals surface area contributed by atoms with Gasteiger partial charge in [-0.1, -0.05) is 0 Å². The summed E-state index contributed by atoms with van der Waals surface area (Å²) in [7, 11) is 0. The molecule has 0 aromatic rings. The van der Waals surface area contributed by atoms with Gasteiger partial charge in [0.15, 0.2) is 0 Å². The molecule has 1 saturated carbocycles. The van der Waals surface area contributed by atoms with Gasteiger partial charge in [0.25, 0.3) is 0 Å². The van der Waals surface area contributed by atoms with E-state index in [0.29, 0.717) is 11.6 Å². The highest BCUT2D eigenvalue weighted by molar-refractivity contribution is 4.97. The summed E-state index contributed by atoms with van der Waals surface area (Å²) in [5, 5.41) is 7.05. The van der Waals surface area contributed by atoms with E-state index in [4.69, 9.17) is 4.74 Å². The van der Waals surface area contributed by atoms with E-state index in [9.17, 15) is 0 Å². The van der Waals surface area contributed by atoms with Crippen LogP contribution in [0, 0.1) is 0 Å². The number of nitrogens with one attached hydrogen (secondary N) is 2. The van der Waals surface area contributed by atoms with Crippen LogP contribution in [-0.4, -0.2) is 37.9 Å². The lowest BCUT2D eigenvalue weighted by Gasteiger charge is -2.24. The molecule has 0 bridgehead atoms. The SMILES string of the molecule is CC1(NCCC2COCCN2)CC1. The third kappa shape index (κ3) is 2.93. The zero-order chi connectivity index (χ0) is 9.15. The Balaban J connectivity index is 1.56. The molecule has 0 spiro atoms. The number of rotatable bonds is 4.